The van der Waals surface area contributed by atoms with E-state index < -0.39 is 0 Å². The highest BCUT2D eigenvalue weighted by molar-refractivity contribution is 5.92. The van der Waals surface area contributed by atoms with Gasteiger partial charge < -0.3 is 24.3 Å². The molecule has 0 saturated carbocycles. The predicted molar refractivity (Wildman–Crippen MR) is 105 cm³/mol. The summed E-state index contributed by atoms with van der Waals surface area (Å²) in [6.45, 7) is 3.93. The number of piperidine rings is 1. The fourth-order valence-electron chi connectivity index (χ4n) is 3.71. The zero-order chi connectivity index (χ0) is 20.1. The Hall–Kier alpha value is -2.87. The fraction of sp³-hybridized carbons (Fsp3) is 0.476. The molecule has 1 N–H and O–H groups in total. The molecule has 1 aromatic carbocycles. The predicted octanol–water partition coefficient (Wildman–Crippen LogP) is 2.24. The van der Waals surface area contributed by atoms with Crippen LogP contribution in [-0.2, 0) is 11.3 Å². The summed E-state index contributed by atoms with van der Waals surface area (Å²) in [6, 6.07) is 9.58. The number of piperazine rings is 1. The standard InChI is InChI=1S/C21H26N4O4/c26-20(18-15-28-19(23-18)17-6-8-22-9-7-17)24-10-12-25(13-11-24)21(27)29-14-16-4-2-1-3-5-16/h1-5,15,17,22H,6-14H2. The lowest BCUT2D eigenvalue weighted by Gasteiger charge is -2.33. The van der Waals surface area contributed by atoms with Crippen LogP contribution in [0.2, 0.25) is 0 Å². The van der Waals surface area contributed by atoms with Crippen LogP contribution in [0.5, 0.6) is 0 Å². The van der Waals surface area contributed by atoms with Gasteiger partial charge in [-0.2, -0.15) is 0 Å². The smallest absolute Gasteiger partial charge is 0.410 e. The average molecular weight is 398 g/mol. The molecule has 29 heavy (non-hydrogen) atoms. The van der Waals surface area contributed by atoms with E-state index in [1.807, 2.05) is 30.3 Å². The minimum absolute atomic E-state index is 0.147. The van der Waals surface area contributed by atoms with Crippen LogP contribution in [0.1, 0.15) is 40.7 Å². The summed E-state index contributed by atoms with van der Waals surface area (Å²) in [5, 5.41) is 3.31. The minimum Gasteiger partial charge on any atom is -0.448 e. The van der Waals surface area contributed by atoms with Crippen molar-refractivity contribution in [2.45, 2.75) is 25.4 Å². The number of nitrogens with one attached hydrogen (secondary N) is 1. The van der Waals surface area contributed by atoms with Gasteiger partial charge in [-0.15, -0.1) is 0 Å². The largest absolute Gasteiger partial charge is 0.448 e. The molecule has 4 rings (SSSR count). The highest BCUT2D eigenvalue weighted by atomic mass is 16.6. The van der Waals surface area contributed by atoms with Crippen molar-refractivity contribution in [2.75, 3.05) is 39.3 Å². The SMILES string of the molecule is O=C(OCc1ccccc1)N1CCN(C(=O)c2coc(C3CCNCC3)n2)CC1. The molecule has 0 aliphatic carbocycles. The lowest BCUT2D eigenvalue weighted by Crippen LogP contribution is -2.50. The number of aromatic nitrogens is 1. The molecule has 2 saturated heterocycles. The van der Waals surface area contributed by atoms with Crippen LogP contribution in [0.3, 0.4) is 0 Å². The summed E-state index contributed by atoms with van der Waals surface area (Å²) in [7, 11) is 0. The van der Waals surface area contributed by atoms with Gasteiger partial charge in [0.15, 0.2) is 11.6 Å². The number of ether oxygens (including phenoxy) is 1. The number of carbonyl (C=O) groups is 2. The van der Waals surface area contributed by atoms with Crippen LogP contribution in [-0.4, -0.2) is 66.1 Å². The third kappa shape index (κ3) is 4.76. The van der Waals surface area contributed by atoms with Crippen LogP contribution in [0.15, 0.2) is 41.0 Å². The number of rotatable bonds is 4. The first-order chi connectivity index (χ1) is 14.2. The van der Waals surface area contributed by atoms with Gasteiger partial charge in [-0.25, -0.2) is 9.78 Å². The monoisotopic (exact) mass is 398 g/mol. The van der Waals surface area contributed by atoms with E-state index >= 15 is 0 Å². The van der Waals surface area contributed by atoms with Crippen LogP contribution >= 0.6 is 0 Å². The molecule has 2 aromatic rings. The van der Waals surface area contributed by atoms with Crippen molar-refractivity contribution in [3.05, 3.63) is 53.7 Å². The van der Waals surface area contributed by atoms with Crippen molar-refractivity contribution in [1.82, 2.24) is 20.1 Å². The average Bonchev–Trinajstić information content (AvgIpc) is 3.29. The molecule has 2 aliphatic rings. The van der Waals surface area contributed by atoms with Crippen molar-refractivity contribution in [1.29, 1.82) is 0 Å². The van der Waals surface area contributed by atoms with E-state index in [1.54, 1.807) is 9.80 Å². The topological polar surface area (TPSA) is 87.9 Å². The Bertz CT molecular complexity index is 824. The summed E-state index contributed by atoms with van der Waals surface area (Å²) in [5.41, 5.74) is 1.30. The Labute approximate surface area is 169 Å². The van der Waals surface area contributed by atoms with Crippen LogP contribution < -0.4 is 5.32 Å². The molecule has 0 atom stereocenters. The van der Waals surface area contributed by atoms with Gasteiger partial charge >= 0.3 is 6.09 Å². The zero-order valence-electron chi connectivity index (χ0n) is 16.4. The van der Waals surface area contributed by atoms with Gasteiger partial charge in [-0.1, -0.05) is 30.3 Å². The number of hydrogen-bond acceptors (Lipinski definition) is 6. The minimum atomic E-state index is -0.351. The molecular weight excluding hydrogens is 372 g/mol. The Morgan fingerprint density at radius 2 is 1.76 bits per heavy atom. The van der Waals surface area contributed by atoms with Crippen molar-refractivity contribution in [3.8, 4) is 0 Å². The van der Waals surface area contributed by atoms with Crippen molar-refractivity contribution >= 4 is 12.0 Å². The van der Waals surface area contributed by atoms with E-state index in [0.29, 0.717) is 37.8 Å². The third-order valence-corrected chi connectivity index (χ3v) is 5.46. The number of benzene rings is 1. The van der Waals surface area contributed by atoms with Crippen molar-refractivity contribution < 1.29 is 18.7 Å². The van der Waals surface area contributed by atoms with Crippen molar-refractivity contribution in [2.24, 2.45) is 0 Å². The maximum Gasteiger partial charge on any atom is 0.410 e. The Balaban J connectivity index is 1.26. The quantitative estimate of drug-likeness (QED) is 0.850. The second-order valence-corrected chi connectivity index (χ2v) is 7.41. The summed E-state index contributed by atoms with van der Waals surface area (Å²) in [6.07, 6.45) is 3.05. The second kappa shape index (κ2) is 9.09. The molecule has 2 fully saturated rings. The summed E-state index contributed by atoms with van der Waals surface area (Å²) >= 11 is 0. The molecule has 0 bridgehead atoms. The number of amides is 2. The molecule has 0 spiro atoms. The van der Waals surface area contributed by atoms with Gasteiger partial charge in [0.1, 0.15) is 12.9 Å². The van der Waals surface area contributed by atoms with Gasteiger partial charge in [0.05, 0.1) is 0 Å². The molecule has 0 unspecified atom stereocenters. The number of hydrogen-bond donors (Lipinski definition) is 1. The molecule has 8 nitrogen and oxygen atoms in total. The van der Waals surface area contributed by atoms with Crippen LogP contribution in [0, 0.1) is 0 Å². The zero-order valence-corrected chi connectivity index (χ0v) is 16.4. The lowest BCUT2D eigenvalue weighted by atomic mass is 9.98. The fourth-order valence-corrected chi connectivity index (χ4v) is 3.71. The van der Waals surface area contributed by atoms with E-state index in [1.165, 1.54) is 6.26 Å². The lowest BCUT2D eigenvalue weighted by molar-refractivity contribution is 0.0539. The Kier molecular flexibility index (Phi) is 6.09. The van der Waals surface area contributed by atoms with E-state index in [9.17, 15) is 9.59 Å². The summed E-state index contributed by atoms with van der Waals surface area (Å²) < 4.78 is 10.9. The number of carbonyl (C=O) groups excluding carboxylic acids is 2. The van der Waals surface area contributed by atoms with E-state index in [0.717, 1.165) is 31.5 Å². The van der Waals surface area contributed by atoms with E-state index in [2.05, 4.69) is 10.3 Å². The molecular formula is C21H26N4O4. The molecule has 8 heteroatoms. The highest BCUT2D eigenvalue weighted by Gasteiger charge is 2.28. The summed E-state index contributed by atoms with van der Waals surface area (Å²) in [4.78, 5) is 32.8. The Morgan fingerprint density at radius 1 is 1.07 bits per heavy atom. The van der Waals surface area contributed by atoms with E-state index in [4.69, 9.17) is 9.15 Å². The number of nitrogens with zero attached hydrogens (tertiary/aromatic N) is 3. The maximum atomic E-state index is 12.7. The first-order valence-electron chi connectivity index (χ1n) is 10.1. The highest BCUT2D eigenvalue weighted by Crippen LogP contribution is 2.24. The van der Waals surface area contributed by atoms with Crippen LogP contribution in [0.4, 0.5) is 4.79 Å². The number of oxazole rings is 1. The van der Waals surface area contributed by atoms with Gasteiger partial charge in [0.25, 0.3) is 5.91 Å². The molecule has 3 heterocycles. The first kappa shape index (κ1) is 19.4. The molecule has 0 radical (unpaired) electrons. The van der Waals surface area contributed by atoms with Gasteiger partial charge in [0, 0.05) is 32.1 Å². The Morgan fingerprint density at radius 3 is 2.48 bits per heavy atom. The van der Waals surface area contributed by atoms with Gasteiger partial charge in [-0.05, 0) is 31.5 Å². The molecule has 2 aliphatic heterocycles. The molecule has 154 valence electrons. The normalized spacial score (nSPS) is 17.9. The molecule has 1 aromatic heterocycles. The maximum absolute atomic E-state index is 12.7. The second-order valence-electron chi connectivity index (χ2n) is 7.41. The summed E-state index contributed by atoms with van der Waals surface area (Å²) in [5.74, 6) is 0.776. The molecule has 2 amide bonds. The third-order valence-electron chi connectivity index (χ3n) is 5.46. The van der Waals surface area contributed by atoms with Crippen LogP contribution in [0.25, 0.3) is 0 Å². The first-order valence-corrected chi connectivity index (χ1v) is 10.1. The van der Waals surface area contributed by atoms with Crippen molar-refractivity contribution in [3.63, 3.8) is 0 Å². The van der Waals surface area contributed by atoms with Gasteiger partial charge in [0.2, 0.25) is 0 Å². The van der Waals surface area contributed by atoms with Gasteiger partial charge in [-0.3, -0.25) is 4.79 Å². The van der Waals surface area contributed by atoms with E-state index in [-0.39, 0.29) is 24.5 Å².